The van der Waals surface area contributed by atoms with Gasteiger partial charge in [-0.05, 0) is 44.9 Å². The van der Waals surface area contributed by atoms with Crippen molar-refractivity contribution in [2.45, 2.75) is 63.8 Å². The number of carbonyl (C=O) groups is 1. The minimum absolute atomic E-state index is 0.271. The molecule has 2 rings (SSSR count). The maximum absolute atomic E-state index is 12.7. The van der Waals surface area contributed by atoms with E-state index in [2.05, 4.69) is 5.10 Å². The fraction of sp³-hybridized carbons (Fsp3) is 0.579. The van der Waals surface area contributed by atoms with Gasteiger partial charge >= 0.3 is 0 Å². The molecule has 1 amide bonds. The Bertz CT molecular complexity index is 627. The molecule has 1 aromatic rings. The molecule has 0 bridgehead atoms. The number of alkyl halides is 2. The summed E-state index contributed by atoms with van der Waals surface area (Å²) >= 11 is 6.25. The zero-order valence-electron chi connectivity index (χ0n) is 15.6. The van der Waals surface area contributed by atoms with Crippen LogP contribution in [0.15, 0.2) is 29.4 Å². The Morgan fingerprint density at radius 1 is 1.31 bits per heavy atom. The lowest BCUT2D eigenvalue weighted by Crippen LogP contribution is -2.52. The predicted octanol–water partition coefficient (Wildman–Crippen LogP) is 3.93. The van der Waals surface area contributed by atoms with E-state index in [0.29, 0.717) is 12.2 Å². The number of benzene rings is 1. The molecule has 1 aromatic carbocycles. The second kappa shape index (κ2) is 8.82. The molecule has 0 saturated heterocycles. The quantitative estimate of drug-likeness (QED) is 0.669. The Morgan fingerprint density at radius 3 is 2.50 bits per heavy atom. The first-order valence-corrected chi connectivity index (χ1v) is 9.15. The minimum atomic E-state index is -0.816. The summed E-state index contributed by atoms with van der Waals surface area (Å²) in [6.45, 7) is 7.32. The summed E-state index contributed by atoms with van der Waals surface area (Å²) in [6.07, 6.45) is 1.16. The molecule has 1 aliphatic rings. The number of carbonyl (C=O) groups excluding carboxylic acids is 1. The van der Waals surface area contributed by atoms with Crippen LogP contribution in [-0.4, -0.2) is 46.9 Å². The van der Waals surface area contributed by atoms with Gasteiger partial charge in [0.2, 0.25) is 0 Å². The molecular formula is C19H26ClFN2O3. The molecule has 3 atom stereocenters. The summed E-state index contributed by atoms with van der Waals surface area (Å²) in [5.74, 6) is 0.343. The normalized spacial score (nSPS) is 21.8. The van der Waals surface area contributed by atoms with Crippen LogP contribution >= 0.6 is 11.6 Å². The number of hydrogen-bond donors (Lipinski definition) is 0. The molecule has 0 fully saturated rings. The van der Waals surface area contributed by atoms with E-state index in [-0.39, 0.29) is 12.5 Å². The zero-order valence-corrected chi connectivity index (χ0v) is 16.4. The fourth-order valence-corrected chi connectivity index (χ4v) is 2.66. The van der Waals surface area contributed by atoms with Crippen LogP contribution in [0.5, 0.6) is 5.75 Å². The van der Waals surface area contributed by atoms with Gasteiger partial charge in [-0.25, -0.2) is 9.40 Å². The van der Waals surface area contributed by atoms with E-state index in [4.69, 9.17) is 21.1 Å². The molecule has 0 radical (unpaired) electrons. The molecule has 0 saturated carbocycles. The van der Waals surface area contributed by atoms with Crippen molar-refractivity contribution in [1.82, 2.24) is 5.01 Å². The number of ether oxygens (including phenoxy) is 2. The molecule has 1 heterocycles. The number of halogens is 2. The van der Waals surface area contributed by atoms with Crippen molar-refractivity contribution >= 4 is 23.7 Å². The van der Waals surface area contributed by atoms with Crippen molar-refractivity contribution in [3.05, 3.63) is 29.8 Å². The van der Waals surface area contributed by atoms with Gasteiger partial charge in [-0.2, -0.15) is 5.10 Å². The molecule has 0 aromatic heterocycles. The lowest BCUT2D eigenvalue weighted by Gasteiger charge is -2.36. The van der Waals surface area contributed by atoms with Crippen LogP contribution in [0.25, 0.3) is 0 Å². The molecular weight excluding hydrogens is 359 g/mol. The van der Waals surface area contributed by atoms with Gasteiger partial charge in [-0.3, -0.25) is 4.79 Å². The lowest BCUT2D eigenvalue weighted by molar-refractivity contribution is -0.138. The molecule has 144 valence electrons. The first-order chi connectivity index (χ1) is 12.3. The van der Waals surface area contributed by atoms with E-state index >= 15 is 0 Å². The Kier molecular flexibility index (Phi) is 7.01. The second-order valence-electron chi connectivity index (χ2n) is 7.21. The second-order valence-corrected chi connectivity index (χ2v) is 7.68. The topological polar surface area (TPSA) is 51.1 Å². The summed E-state index contributed by atoms with van der Waals surface area (Å²) in [7, 11) is 0. The van der Waals surface area contributed by atoms with Crippen LogP contribution in [0.3, 0.4) is 0 Å². The van der Waals surface area contributed by atoms with Crippen LogP contribution < -0.4 is 4.74 Å². The van der Waals surface area contributed by atoms with Gasteiger partial charge < -0.3 is 9.47 Å². The molecule has 5 nitrogen and oxygen atoms in total. The summed E-state index contributed by atoms with van der Waals surface area (Å²) < 4.78 is 24.0. The Morgan fingerprint density at radius 2 is 1.96 bits per heavy atom. The SMILES string of the molecule is CCC(CF)Oc1ccc(COC2C=NN(C(C)(C)C)C(=O)C2Cl)cc1. The van der Waals surface area contributed by atoms with Gasteiger partial charge in [0.1, 0.15) is 30.0 Å². The standard InChI is InChI=1S/C19H26ClFN2O3/c1-5-14(10-21)26-15-8-6-13(7-9-15)12-25-16-11-22-23(19(2,3)4)18(24)17(16)20/h6-9,11,14,16-17H,5,10,12H2,1-4H3. The van der Waals surface area contributed by atoms with Crippen LogP contribution in [0.1, 0.15) is 39.7 Å². The number of rotatable bonds is 7. The summed E-state index contributed by atoms with van der Waals surface area (Å²) in [4.78, 5) is 12.4. The highest BCUT2D eigenvalue weighted by atomic mass is 35.5. The first-order valence-electron chi connectivity index (χ1n) is 8.71. The van der Waals surface area contributed by atoms with Gasteiger partial charge in [-0.15, -0.1) is 11.6 Å². The summed E-state index contributed by atoms with van der Waals surface area (Å²) in [5.41, 5.74) is 0.464. The van der Waals surface area contributed by atoms with E-state index in [1.165, 1.54) is 5.01 Å². The maximum Gasteiger partial charge on any atom is 0.264 e. The molecule has 0 N–H and O–H groups in total. The average molecular weight is 385 g/mol. The van der Waals surface area contributed by atoms with Gasteiger partial charge in [0.15, 0.2) is 0 Å². The smallest absolute Gasteiger partial charge is 0.264 e. The predicted molar refractivity (Wildman–Crippen MR) is 100 cm³/mol. The van der Waals surface area contributed by atoms with Crippen molar-refractivity contribution < 1.29 is 18.7 Å². The third kappa shape index (κ3) is 5.17. The van der Waals surface area contributed by atoms with Crippen molar-refractivity contribution in [2.24, 2.45) is 5.10 Å². The number of hydrazone groups is 1. The number of amides is 1. The summed E-state index contributed by atoms with van der Waals surface area (Å²) in [6, 6.07) is 7.23. The highest BCUT2D eigenvalue weighted by molar-refractivity contribution is 6.32. The van der Waals surface area contributed by atoms with Crippen molar-refractivity contribution in [2.75, 3.05) is 6.67 Å². The first kappa shape index (κ1) is 20.6. The van der Waals surface area contributed by atoms with E-state index in [0.717, 1.165) is 5.56 Å². The van der Waals surface area contributed by atoms with Crippen molar-refractivity contribution in [3.63, 3.8) is 0 Å². The highest BCUT2D eigenvalue weighted by Gasteiger charge is 2.38. The fourth-order valence-electron chi connectivity index (χ4n) is 2.43. The van der Waals surface area contributed by atoms with E-state index < -0.39 is 29.8 Å². The third-order valence-corrected chi connectivity index (χ3v) is 4.43. The lowest BCUT2D eigenvalue weighted by atomic mass is 10.1. The average Bonchev–Trinajstić information content (AvgIpc) is 2.61. The molecule has 26 heavy (non-hydrogen) atoms. The molecule has 1 aliphatic heterocycles. The number of hydrogen-bond acceptors (Lipinski definition) is 4. The van der Waals surface area contributed by atoms with E-state index in [1.807, 2.05) is 39.8 Å². The highest BCUT2D eigenvalue weighted by Crippen LogP contribution is 2.24. The van der Waals surface area contributed by atoms with Gasteiger partial charge in [0.05, 0.1) is 18.4 Å². The van der Waals surface area contributed by atoms with Gasteiger partial charge in [0, 0.05) is 0 Å². The van der Waals surface area contributed by atoms with Crippen LogP contribution in [0.4, 0.5) is 4.39 Å². The Balaban J connectivity index is 1.93. The van der Waals surface area contributed by atoms with Crippen molar-refractivity contribution in [3.8, 4) is 5.75 Å². The monoisotopic (exact) mass is 384 g/mol. The third-order valence-electron chi connectivity index (χ3n) is 3.99. The minimum Gasteiger partial charge on any atom is -0.488 e. The van der Waals surface area contributed by atoms with Crippen LogP contribution in [0, 0.1) is 0 Å². The molecule has 3 unspecified atom stereocenters. The molecule has 0 aliphatic carbocycles. The van der Waals surface area contributed by atoms with E-state index in [1.54, 1.807) is 18.3 Å². The van der Waals surface area contributed by atoms with Gasteiger partial charge in [-0.1, -0.05) is 19.1 Å². The molecule has 7 heteroatoms. The maximum atomic E-state index is 12.7. The zero-order chi connectivity index (χ0) is 19.3. The van der Waals surface area contributed by atoms with Gasteiger partial charge in [0.25, 0.3) is 5.91 Å². The molecule has 0 spiro atoms. The Hall–Kier alpha value is -1.66. The van der Waals surface area contributed by atoms with Crippen LogP contribution in [0.2, 0.25) is 0 Å². The van der Waals surface area contributed by atoms with Crippen molar-refractivity contribution in [1.29, 1.82) is 0 Å². The van der Waals surface area contributed by atoms with E-state index in [9.17, 15) is 9.18 Å². The summed E-state index contributed by atoms with van der Waals surface area (Å²) in [5, 5.41) is 4.75. The largest absolute Gasteiger partial charge is 0.488 e. The number of nitrogens with zero attached hydrogens (tertiary/aromatic N) is 2. The van der Waals surface area contributed by atoms with Crippen LogP contribution in [-0.2, 0) is 16.1 Å². The Labute approximate surface area is 159 Å².